The van der Waals surface area contributed by atoms with Gasteiger partial charge >= 0.3 is 0 Å². The maximum atomic E-state index is 13.6. The zero-order chi connectivity index (χ0) is 23.9. The fourth-order valence-electron chi connectivity index (χ4n) is 3.80. The largest absolute Gasteiger partial charge is 0.454 e. The van der Waals surface area contributed by atoms with Gasteiger partial charge in [-0.25, -0.2) is 17.2 Å². The first-order chi connectivity index (χ1) is 16.3. The molecule has 1 aromatic heterocycles. The molecule has 1 N–H and O–H groups in total. The second-order valence-electron chi connectivity index (χ2n) is 7.75. The van der Waals surface area contributed by atoms with Gasteiger partial charge in [0.1, 0.15) is 5.01 Å². The lowest BCUT2D eigenvalue weighted by atomic mass is 10.0. The highest BCUT2D eigenvalue weighted by Gasteiger charge is 2.33. The number of rotatable bonds is 5. The molecule has 0 aliphatic carbocycles. The fourth-order valence-corrected chi connectivity index (χ4v) is 6.20. The topological polar surface area (TPSA) is 111 Å². The van der Waals surface area contributed by atoms with Gasteiger partial charge in [-0.05, 0) is 43.2 Å². The highest BCUT2D eigenvalue weighted by atomic mass is 32.2. The molecule has 0 spiro atoms. The number of carbonyl (C=O) groups excluding carboxylic acids is 1. The molecule has 3 aromatic rings. The SMILES string of the molecule is O=C(Nc1ccc2c(c1)OCO2)c1nnc([C@@H]2CCCN(S(=O)(=O)c3ccc(F)c(F)c3)C2)s1. The summed E-state index contributed by atoms with van der Waals surface area (Å²) in [6.45, 7) is 0.463. The number of halogens is 2. The van der Waals surface area contributed by atoms with E-state index in [0.29, 0.717) is 41.1 Å². The van der Waals surface area contributed by atoms with Crippen LogP contribution in [0.15, 0.2) is 41.3 Å². The molecule has 2 aliphatic rings. The van der Waals surface area contributed by atoms with Crippen molar-refractivity contribution in [1.82, 2.24) is 14.5 Å². The van der Waals surface area contributed by atoms with Crippen LogP contribution < -0.4 is 14.8 Å². The standard InChI is InChI=1S/C21H18F2N4O5S2/c22-15-5-4-14(9-16(15)23)34(29,30)27-7-1-2-12(10-27)20-25-26-21(33-20)19(28)24-13-3-6-17-18(8-13)32-11-31-17/h3-6,8-9,12H,1-2,7,10-11H2,(H,24,28)/t12-/m1/s1. The molecule has 178 valence electrons. The van der Waals surface area contributed by atoms with Crippen LogP contribution >= 0.6 is 11.3 Å². The maximum absolute atomic E-state index is 13.6. The normalized spacial score (nSPS) is 18.1. The number of ether oxygens (including phenoxy) is 2. The molecule has 0 saturated carbocycles. The van der Waals surface area contributed by atoms with Gasteiger partial charge in [-0.2, -0.15) is 4.31 Å². The van der Waals surface area contributed by atoms with Gasteiger partial charge in [-0.3, -0.25) is 4.79 Å². The Hall–Kier alpha value is -3.16. The van der Waals surface area contributed by atoms with Crippen LogP contribution in [0.2, 0.25) is 0 Å². The van der Waals surface area contributed by atoms with E-state index in [1.165, 1.54) is 4.31 Å². The van der Waals surface area contributed by atoms with E-state index >= 15 is 0 Å². The summed E-state index contributed by atoms with van der Waals surface area (Å²) < 4.78 is 64.5. The molecule has 1 atom stereocenters. The number of carbonyl (C=O) groups is 1. The Morgan fingerprint density at radius 3 is 2.74 bits per heavy atom. The van der Waals surface area contributed by atoms with Crippen LogP contribution in [0.5, 0.6) is 11.5 Å². The minimum absolute atomic E-state index is 0.0970. The van der Waals surface area contributed by atoms with Crippen molar-refractivity contribution in [1.29, 1.82) is 0 Å². The van der Waals surface area contributed by atoms with Crippen molar-refractivity contribution in [3.63, 3.8) is 0 Å². The van der Waals surface area contributed by atoms with Crippen LogP contribution in [0.1, 0.15) is 33.6 Å². The number of sulfonamides is 1. The minimum Gasteiger partial charge on any atom is -0.454 e. The molecule has 34 heavy (non-hydrogen) atoms. The van der Waals surface area contributed by atoms with E-state index in [-0.39, 0.29) is 35.7 Å². The molecular weight excluding hydrogens is 490 g/mol. The maximum Gasteiger partial charge on any atom is 0.286 e. The summed E-state index contributed by atoms with van der Waals surface area (Å²) in [4.78, 5) is 12.3. The number of piperidine rings is 1. The molecule has 0 unspecified atom stereocenters. The Kier molecular flexibility index (Phi) is 5.91. The van der Waals surface area contributed by atoms with Gasteiger partial charge in [0.05, 0.1) is 4.90 Å². The van der Waals surface area contributed by atoms with E-state index in [2.05, 4.69) is 15.5 Å². The lowest BCUT2D eigenvalue weighted by molar-refractivity contribution is 0.102. The van der Waals surface area contributed by atoms with Gasteiger partial charge in [0.2, 0.25) is 21.8 Å². The first kappa shape index (κ1) is 22.6. The number of aromatic nitrogens is 2. The first-order valence-electron chi connectivity index (χ1n) is 10.3. The molecule has 9 nitrogen and oxygen atoms in total. The lowest BCUT2D eigenvalue weighted by Crippen LogP contribution is -2.39. The van der Waals surface area contributed by atoms with Gasteiger partial charge < -0.3 is 14.8 Å². The summed E-state index contributed by atoms with van der Waals surface area (Å²) in [7, 11) is -4.02. The summed E-state index contributed by atoms with van der Waals surface area (Å²) in [6.07, 6.45) is 1.20. The summed E-state index contributed by atoms with van der Waals surface area (Å²) in [5.74, 6) is -1.95. The Bertz CT molecular complexity index is 1360. The van der Waals surface area contributed by atoms with Gasteiger partial charge in [0.25, 0.3) is 5.91 Å². The molecule has 1 fully saturated rings. The molecule has 0 radical (unpaired) electrons. The zero-order valence-corrected chi connectivity index (χ0v) is 19.2. The van der Waals surface area contributed by atoms with E-state index < -0.39 is 27.6 Å². The molecular formula is C21H18F2N4O5S2. The van der Waals surface area contributed by atoms with Gasteiger partial charge in [0.15, 0.2) is 23.1 Å². The van der Waals surface area contributed by atoms with Gasteiger partial charge in [-0.1, -0.05) is 11.3 Å². The van der Waals surface area contributed by atoms with Crippen LogP contribution in [0, 0.1) is 11.6 Å². The predicted molar refractivity (Wildman–Crippen MR) is 118 cm³/mol. The number of hydrogen-bond acceptors (Lipinski definition) is 8. The molecule has 0 bridgehead atoms. The van der Waals surface area contributed by atoms with Crippen molar-refractivity contribution in [2.45, 2.75) is 23.7 Å². The highest BCUT2D eigenvalue weighted by Crippen LogP contribution is 2.35. The summed E-state index contributed by atoms with van der Waals surface area (Å²) in [6, 6.07) is 7.52. The Labute approximate surface area is 197 Å². The third-order valence-electron chi connectivity index (χ3n) is 5.53. The molecule has 13 heteroatoms. The molecule has 5 rings (SSSR count). The van der Waals surface area contributed by atoms with E-state index in [1.807, 2.05) is 0 Å². The minimum atomic E-state index is -4.02. The molecule has 1 amide bonds. The van der Waals surface area contributed by atoms with Gasteiger partial charge in [-0.15, -0.1) is 10.2 Å². The van der Waals surface area contributed by atoms with E-state index in [9.17, 15) is 22.0 Å². The Morgan fingerprint density at radius 2 is 1.91 bits per heavy atom. The Balaban J connectivity index is 1.29. The van der Waals surface area contributed by atoms with Crippen LogP contribution in [0.3, 0.4) is 0 Å². The Morgan fingerprint density at radius 1 is 1.09 bits per heavy atom. The van der Waals surface area contributed by atoms with Crippen molar-refractivity contribution < 1.29 is 31.5 Å². The number of nitrogens with one attached hydrogen (secondary N) is 1. The number of hydrogen-bond donors (Lipinski definition) is 1. The molecule has 2 aliphatic heterocycles. The second-order valence-corrected chi connectivity index (χ2v) is 10.7. The second kappa shape index (κ2) is 8.89. The van der Waals surface area contributed by atoms with Gasteiger partial charge in [0, 0.05) is 30.8 Å². The molecule has 3 heterocycles. The van der Waals surface area contributed by atoms with Crippen molar-refractivity contribution in [3.05, 3.63) is 58.0 Å². The fraction of sp³-hybridized carbons (Fsp3) is 0.286. The predicted octanol–water partition coefficient (Wildman–Crippen LogP) is 3.37. The van der Waals surface area contributed by atoms with Crippen LogP contribution in [-0.2, 0) is 10.0 Å². The third kappa shape index (κ3) is 4.33. The molecule has 2 aromatic carbocycles. The smallest absolute Gasteiger partial charge is 0.286 e. The van der Waals surface area contributed by atoms with Crippen LogP contribution in [0.4, 0.5) is 14.5 Å². The number of anilines is 1. The number of amides is 1. The number of fused-ring (bicyclic) bond motifs is 1. The third-order valence-corrected chi connectivity index (χ3v) is 8.47. The summed E-state index contributed by atoms with van der Waals surface area (Å²) in [5.41, 5.74) is 0.507. The summed E-state index contributed by atoms with van der Waals surface area (Å²) >= 11 is 1.08. The quantitative estimate of drug-likeness (QED) is 0.563. The zero-order valence-electron chi connectivity index (χ0n) is 17.5. The van der Waals surface area contributed by atoms with Crippen molar-refractivity contribution in [2.75, 3.05) is 25.2 Å². The van der Waals surface area contributed by atoms with Crippen molar-refractivity contribution in [2.24, 2.45) is 0 Å². The average molecular weight is 509 g/mol. The molecule has 1 saturated heterocycles. The first-order valence-corrected chi connectivity index (χ1v) is 12.6. The lowest BCUT2D eigenvalue weighted by Gasteiger charge is -2.30. The van der Waals surface area contributed by atoms with E-state index in [4.69, 9.17) is 9.47 Å². The van der Waals surface area contributed by atoms with Crippen molar-refractivity contribution >= 4 is 33.0 Å². The van der Waals surface area contributed by atoms with Crippen molar-refractivity contribution in [3.8, 4) is 11.5 Å². The van der Waals surface area contributed by atoms with Crippen LogP contribution in [-0.4, -0.2) is 48.7 Å². The number of nitrogens with zero attached hydrogens (tertiary/aromatic N) is 3. The van der Waals surface area contributed by atoms with E-state index in [0.717, 1.165) is 23.5 Å². The monoisotopic (exact) mass is 508 g/mol. The van der Waals surface area contributed by atoms with Crippen LogP contribution in [0.25, 0.3) is 0 Å². The number of benzene rings is 2. The van der Waals surface area contributed by atoms with E-state index in [1.54, 1.807) is 18.2 Å². The average Bonchev–Trinajstić information content (AvgIpc) is 3.50. The summed E-state index contributed by atoms with van der Waals surface area (Å²) in [5, 5.41) is 11.5. The highest BCUT2D eigenvalue weighted by molar-refractivity contribution is 7.89.